The molecule has 21 heavy (non-hydrogen) atoms. The zero-order valence-electron chi connectivity index (χ0n) is 13.9. The van der Waals surface area contributed by atoms with Crippen molar-refractivity contribution in [2.45, 2.75) is 58.9 Å². The lowest BCUT2D eigenvalue weighted by Gasteiger charge is -2.29. The summed E-state index contributed by atoms with van der Waals surface area (Å²) in [6.45, 7) is 8.49. The van der Waals surface area contributed by atoms with Gasteiger partial charge >= 0.3 is 0 Å². The van der Waals surface area contributed by atoms with Crippen LogP contribution in [-0.4, -0.2) is 13.2 Å². The predicted molar refractivity (Wildman–Crippen MR) is 89.8 cm³/mol. The maximum Gasteiger partial charge on any atom is 0.119 e. The lowest BCUT2D eigenvalue weighted by atomic mass is 9.81. The van der Waals surface area contributed by atoms with Gasteiger partial charge in [-0.2, -0.15) is 0 Å². The Hall–Kier alpha value is -1.02. The van der Waals surface area contributed by atoms with Crippen LogP contribution in [0.3, 0.4) is 0 Å². The second-order valence-corrected chi connectivity index (χ2v) is 6.43. The van der Waals surface area contributed by atoms with Crippen molar-refractivity contribution >= 4 is 0 Å². The van der Waals surface area contributed by atoms with E-state index in [0.717, 1.165) is 30.7 Å². The van der Waals surface area contributed by atoms with Crippen molar-refractivity contribution in [1.29, 1.82) is 0 Å². The second-order valence-electron chi connectivity index (χ2n) is 6.43. The third-order valence-corrected chi connectivity index (χ3v) is 4.95. The van der Waals surface area contributed by atoms with Gasteiger partial charge in [0.15, 0.2) is 0 Å². The van der Waals surface area contributed by atoms with E-state index < -0.39 is 0 Å². The van der Waals surface area contributed by atoms with Crippen molar-refractivity contribution < 1.29 is 4.74 Å². The number of nitrogens with one attached hydrogen (secondary N) is 1. The van der Waals surface area contributed by atoms with E-state index in [0.29, 0.717) is 6.04 Å². The van der Waals surface area contributed by atoms with Gasteiger partial charge in [0.05, 0.1) is 6.61 Å². The minimum atomic E-state index is 0.421. The van der Waals surface area contributed by atoms with E-state index in [4.69, 9.17) is 4.74 Å². The molecular weight excluding hydrogens is 258 g/mol. The number of ether oxygens (including phenoxy) is 1. The first-order valence-corrected chi connectivity index (χ1v) is 8.69. The third kappa shape index (κ3) is 5.03. The zero-order chi connectivity index (χ0) is 15.1. The molecule has 1 saturated carbocycles. The molecule has 0 radical (unpaired) electrons. The van der Waals surface area contributed by atoms with Crippen molar-refractivity contribution in [1.82, 2.24) is 5.32 Å². The minimum absolute atomic E-state index is 0.421. The van der Waals surface area contributed by atoms with E-state index in [1.54, 1.807) is 0 Å². The SMILES string of the molecule is CCOc1ccc(C(C)NCC2CCC(CC)CC2)cc1. The Labute approximate surface area is 130 Å². The topological polar surface area (TPSA) is 21.3 Å². The minimum Gasteiger partial charge on any atom is -0.494 e. The van der Waals surface area contributed by atoms with Gasteiger partial charge in [-0.3, -0.25) is 0 Å². The molecule has 1 N–H and O–H groups in total. The molecule has 0 heterocycles. The molecule has 2 heteroatoms. The lowest BCUT2D eigenvalue weighted by Crippen LogP contribution is -2.28. The smallest absolute Gasteiger partial charge is 0.119 e. The number of benzene rings is 1. The van der Waals surface area contributed by atoms with Crippen LogP contribution in [0.4, 0.5) is 0 Å². The fourth-order valence-corrected chi connectivity index (χ4v) is 3.32. The molecule has 0 saturated heterocycles. The highest BCUT2D eigenvalue weighted by Gasteiger charge is 2.20. The molecule has 1 aromatic carbocycles. The molecule has 1 unspecified atom stereocenters. The Bertz CT molecular complexity index is 393. The van der Waals surface area contributed by atoms with Gasteiger partial charge in [-0.15, -0.1) is 0 Å². The maximum absolute atomic E-state index is 5.50. The van der Waals surface area contributed by atoms with Crippen LogP contribution in [0.25, 0.3) is 0 Å². The van der Waals surface area contributed by atoms with Crippen LogP contribution in [0.2, 0.25) is 0 Å². The van der Waals surface area contributed by atoms with E-state index in [1.807, 2.05) is 6.92 Å². The van der Waals surface area contributed by atoms with Crippen molar-refractivity contribution in [3.8, 4) is 5.75 Å². The number of hydrogen-bond donors (Lipinski definition) is 1. The van der Waals surface area contributed by atoms with Gasteiger partial charge in [-0.1, -0.05) is 38.3 Å². The average Bonchev–Trinajstić information content (AvgIpc) is 2.54. The highest BCUT2D eigenvalue weighted by Crippen LogP contribution is 2.30. The molecule has 0 amide bonds. The molecule has 1 aliphatic rings. The molecule has 0 bridgehead atoms. The normalized spacial score (nSPS) is 23.8. The van der Waals surface area contributed by atoms with E-state index in [-0.39, 0.29) is 0 Å². The van der Waals surface area contributed by atoms with Crippen molar-refractivity contribution in [2.24, 2.45) is 11.8 Å². The van der Waals surface area contributed by atoms with Crippen molar-refractivity contribution in [3.05, 3.63) is 29.8 Å². The van der Waals surface area contributed by atoms with Gasteiger partial charge in [0, 0.05) is 6.04 Å². The van der Waals surface area contributed by atoms with Crippen molar-refractivity contribution in [2.75, 3.05) is 13.2 Å². The highest BCUT2D eigenvalue weighted by molar-refractivity contribution is 5.28. The monoisotopic (exact) mass is 289 g/mol. The van der Waals surface area contributed by atoms with Gasteiger partial charge in [0.1, 0.15) is 5.75 Å². The first-order valence-electron chi connectivity index (χ1n) is 8.69. The second kappa shape index (κ2) is 8.43. The number of rotatable bonds is 7. The summed E-state index contributed by atoms with van der Waals surface area (Å²) in [5.74, 6) is 2.83. The molecule has 1 aromatic rings. The van der Waals surface area contributed by atoms with Crippen molar-refractivity contribution in [3.63, 3.8) is 0 Å². The predicted octanol–water partition coefficient (Wildman–Crippen LogP) is 4.95. The standard InChI is InChI=1S/C19H31NO/c1-4-16-6-8-17(9-7-16)14-20-15(3)18-10-12-19(13-11-18)21-5-2/h10-13,15-17,20H,4-9,14H2,1-3H3. The Morgan fingerprint density at radius 3 is 2.24 bits per heavy atom. The summed E-state index contributed by atoms with van der Waals surface area (Å²) in [4.78, 5) is 0. The molecule has 1 fully saturated rings. The van der Waals surface area contributed by atoms with Crippen LogP contribution < -0.4 is 10.1 Å². The Kier molecular flexibility index (Phi) is 6.56. The molecule has 118 valence electrons. The molecular formula is C19H31NO. The third-order valence-electron chi connectivity index (χ3n) is 4.95. The molecule has 1 atom stereocenters. The summed E-state index contributed by atoms with van der Waals surface area (Å²) in [6.07, 6.45) is 7.03. The van der Waals surface area contributed by atoms with E-state index >= 15 is 0 Å². The average molecular weight is 289 g/mol. The maximum atomic E-state index is 5.50. The zero-order valence-corrected chi connectivity index (χ0v) is 13.9. The summed E-state index contributed by atoms with van der Waals surface area (Å²) in [5.41, 5.74) is 1.35. The summed E-state index contributed by atoms with van der Waals surface area (Å²) >= 11 is 0. The first-order chi connectivity index (χ1) is 10.2. The highest BCUT2D eigenvalue weighted by atomic mass is 16.5. The van der Waals surface area contributed by atoms with Crippen LogP contribution in [0.1, 0.15) is 64.5 Å². The molecule has 0 spiro atoms. The molecule has 0 aromatic heterocycles. The quantitative estimate of drug-likeness (QED) is 0.766. The molecule has 0 aliphatic heterocycles. The molecule has 2 nitrogen and oxygen atoms in total. The first kappa shape index (κ1) is 16.4. The van der Waals surface area contributed by atoms with E-state index in [1.165, 1.54) is 37.7 Å². The van der Waals surface area contributed by atoms with Gasteiger partial charge in [-0.05, 0) is 62.8 Å². The van der Waals surface area contributed by atoms with Crippen LogP contribution in [0.15, 0.2) is 24.3 Å². The van der Waals surface area contributed by atoms with E-state index in [9.17, 15) is 0 Å². The Morgan fingerprint density at radius 2 is 1.67 bits per heavy atom. The van der Waals surface area contributed by atoms with Crippen LogP contribution in [0, 0.1) is 11.8 Å². The Balaban J connectivity index is 1.75. The van der Waals surface area contributed by atoms with Gasteiger partial charge < -0.3 is 10.1 Å². The summed E-state index contributed by atoms with van der Waals surface area (Å²) in [7, 11) is 0. The van der Waals surface area contributed by atoms with Gasteiger partial charge in [-0.25, -0.2) is 0 Å². The van der Waals surface area contributed by atoms with Gasteiger partial charge in [0.25, 0.3) is 0 Å². The summed E-state index contributed by atoms with van der Waals surface area (Å²) in [5, 5.41) is 3.71. The van der Waals surface area contributed by atoms with Crippen LogP contribution >= 0.6 is 0 Å². The van der Waals surface area contributed by atoms with Gasteiger partial charge in [0.2, 0.25) is 0 Å². The fourth-order valence-electron chi connectivity index (χ4n) is 3.32. The fraction of sp³-hybridized carbons (Fsp3) is 0.684. The molecule has 2 rings (SSSR count). The summed E-state index contributed by atoms with van der Waals surface area (Å²) < 4.78 is 5.50. The Morgan fingerprint density at radius 1 is 1.05 bits per heavy atom. The van der Waals surface area contributed by atoms with Crippen LogP contribution in [-0.2, 0) is 0 Å². The summed E-state index contributed by atoms with van der Waals surface area (Å²) in [6, 6.07) is 8.92. The largest absolute Gasteiger partial charge is 0.494 e. The number of hydrogen-bond acceptors (Lipinski definition) is 2. The van der Waals surface area contributed by atoms with Crippen LogP contribution in [0.5, 0.6) is 5.75 Å². The molecule has 1 aliphatic carbocycles. The van der Waals surface area contributed by atoms with E-state index in [2.05, 4.69) is 43.4 Å². The lowest BCUT2D eigenvalue weighted by molar-refractivity contribution is 0.258.